The number of aryl methyl sites for hydroxylation is 1. The van der Waals surface area contributed by atoms with Gasteiger partial charge in [0.25, 0.3) is 0 Å². The molecule has 0 aliphatic heterocycles. The topological polar surface area (TPSA) is 62.7 Å². The Balaban J connectivity index is 2.56. The van der Waals surface area contributed by atoms with E-state index in [1.165, 1.54) is 6.07 Å². The van der Waals surface area contributed by atoms with Crippen molar-refractivity contribution in [2.45, 2.75) is 6.92 Å². The number of halogens is 1. The van der Waals surface area contributed by atoms with Crippen LogP contribution >= 0.6 is 0 Å². The van der Waals surface area contributed by atoms with Gasteiger partial charge in [-0.25, -0.2) is 4.39 Å². The minimum Gasteiger partial charge on any atom is -0.397 e. The van der Waals surface area contributed by atoms with Gasteiger partial charge in [-0.2, -0.15) is 5.26 Å². The van der Waals surface area contributed by atoms with Crippen LogP contribution in [0, 0.1) is 24.1 Å². The van der Waals surface area contributed by atoms with Crippen LogP contribution in [0.5, 0.6) is 0 Å². The van der Waals surface area contributed by atoms with Crippen molar-refractivity contribution in [2.24, 2.45) is 5.73 Å². The number of aromatic nitrogens is 1. The zero-order valence-corrected chi connectivity index (χ0v) is 10.4. The highest BCUT2D eigenvalue weighted by Gasteiger charge is 2.09. The largest absolute Gasteiger partial charge is 0.397 e. The van der Waals surface area contributed by atoms with Crippen LogP contribution in [0.4, 0.5) is 4.39 Å². The van der Waals surface area contributed by atoms with E-state index in [9.17, 15) is 9.65 Å². The summed E-state index contributed by atoms with van der Waals surface area (Å²) in [6, 6.07) is 10.0. The van der Waals surface area contributed by atoms with Gasteiger partial charge in [-0.15, -0.1) is 0 Å². The molecule has 94 valence electrons. The van der Waals surface area contributed by atoms with Crippen LogP contribution in [0.3, 0.4) is 0 Å². The molecule has 2 aromatic rings. The van der Waals surface area contributed by atoms with Gasteiger partial charge in [0, 0.05) is 12.4 Å². The summed E-state index contributed by atoms with van der Waals surface area (Å²) in [5, 5.41) is 9.25. The maximum Gasteiger partial charge on any atom is 0.126 e. The third-order valence-electron chi connectivity index (χ3n) is 2.82. The number of rotatable bonds is 2. The molecule has 0 bridgehead atoms. The molecule has 0 amide bonds. The number of allylic oxidation sites excluding steroid dienone is 1. The van der Waals surface area contributed by atoms with Crippen LogP contribution < -0.4 is 5.73 Å². The van der Waals surface area contributed by atoms with Crippen molar-refractivity contribution in [1.29, 1.82) is 5.26 Å². The molecule has 0 saturated heterocycles. The number of benzene rings is 1. The highest BCUT2D eigenvalue weighted by atomic mass is 19.1. The smallest absolute Gasteiger partial charge is 0.126 e. The number of hydrogen-bond acceptors (Lipinski definition) is 3. The second-order valence-electron chi connectivity index (χ2n) is 4.10. The van der Waals surface area contributed by atoms with Gasteiger partial charge in [-0.3, -0.25) is 4.98 Å². The van der Waals surface area contributed by atoms with Gasteiger partial charge in [0.15, 0.2) is 0 Å². The van der Waals surface area contributed by atoms with Crippen LogP contribution in [-0.4, -0.2) is 4.98 Å². The first kappa shape index (κ1) is 12.8. The fourth-order valence-corrected chi connectivity index (χ4v) is 1.76. The molecule has 19 heavy (non-hydrogen) atoms. The molecule has 1 aromatic heterocycles. The lowest BCUT2D eigenvalue weighted by atomic mass is 10.0. The molecule has 0 unspecified atom stereocenters. The fourth-order valence-electron chi connectivity index (χ4n) is 1.76. The Labute approximate surface area is 110 Å². The molecule has 4 heteroatoms. The zero-order valence-electron chi connectivity index (χ0n) is 10.4. The zero-order chi connectivity index (χ0) is 13.8. The summed E-state index contributed by atoms with van der Waals surface area (Å²) in [6.07, 6.45) is 3.19. The number of nitrogens with zero attached hydrogens (tertiary/aromatic N) is 2. The molecular weight excluding hydrogens is 241 g/mol. The molecule has 0 saturated carbocycles. The number of nitriles is 1. The summed E-state index contributed by atoms with van der Waals surface area (Å²) in [4.78, 5) is 3.90. The lowest BCUT2D eigenvalue weighted by Crippen LogP contribution is -2.01. The summed E-state index contributed by atoms with van der Waals surface area (Å²) in [5.41, 5.74) is 8.52. The van der Waals surface area contributed by atoms with E-state index < -0.39 is 0 Å². The van der Waals surface area contributed by atoms with Crippen LogP contribution in [0.2, 0.25) is 0 Å². The molecule has 2 N–H and O–H groups in total. The Bertz CT molecular complexity index is 670. The first-order valence-corrected chi connectivity index (χ1v) is 5.70. The van der Waals surface area contributed by atoms with E-state index >= 15 is 0 Å². The summed E-state index contributed by atoms with van der Waals surface area (Å²) in [6.45, 7) is 1.66. The molecule has 2 rings (SSSR count). The molecule has 3 nitrogen and oxygen atoms in total. The summed E-state index contributed by atoms with van der Waals surface area (Å²) >= 11 is 0. The summed E-state index contributed by atoms with van der Waals surface area (Å²) in [7, 11) is 0. The molecule has 1 heterocycles. The summed E-state index contributed by atoms with van der Waals surface area (Å²) in [5.74, 6) is -0.293. The summed E-state index contributed by atoms with van der Waals surface area (Å²) < 4.78 is 13.2. The molecular formula is C15H12FN3. The minimum atomic E-state index is -0.293. The van der Waals surface area contributed by atoms with Crippen LogP contribution in [-0.2, 0) is 0 Å². The number of nitrogens with two attached hydrogens (primary N) is 1. The highest BCUT2D eigenvalue weighted by molar-refractivity contribution is 5.95. The number of pyridine rings is 1. The Morgan fingerprint density at radius 2 is 1.89 bits per heavy atom. The Hall–Kier alpha value is -2.67. The highest BCUT2D eigenvalue weighted by Crippen LogP contribution is 2.23. The molecule has 0 atom stereocenters. The lowest BCUT2D eigenvalue weighted by molar-refractivity contribution is 0.618. The molecule has 0 fully saturated rings. The quantitative estimate of drug-likeness (QED) is 0.837. The Morgan fingerprint density at radius 1 is 1.21 bits per heavy atom. The average molecular weight is 253 g/mol. The second kappa shape index (κ2) is 5.32. The van der Waals surface area contributed by atoms with Crippen LogP contribution in [0.1, 0.15) is 16.7 Å². The average Bonchev–Trinajstić information content (AvgIpc) is 2.44. The van der Waals surface area contributed by atoms with Gasteiger partial charge in [0.1, 0.15) is 11.9 Å². The molecule has 1 aromatic carbocycles. The van der Waals surface area contributed by atoms with Gasteiger partial charge in [-0.1, -0.05) is 0 Å². The molecule has 0 spiro atoms. The second-order valence-corrected chi connectivity index (χ2v) is 4.10. The van der Waals surface area contributed by atoms with Crippen molar-refractivity contribution in [2.75, 3.05) is 0 Å². The normalized spacial score (nSPS) is 11.6. The van der Waals surface area contributed by atoms with Gasteiger partial charge in [0.2, 0.25) is 0 Å². The van der Waals surface area contributed by atoms with E-state index in [2.05, 4.69) is 11.1 Å². The molecule has 0 aliphatic rings. The van der Waals surface area contributed by atoms with Crippen molar-refractivity contribution < 1.29 is 4.39 Å². The van der Waals surface area contributed by atoms with Crippen molar-refractivity contribution in [3.05, 3.63) is 65.2 Å². The van der Waals surface area contributed by atoms with Gasteiger partial charge < -0.3 is 5.73 Å². The monoisotopic (exact) mass is 253 g/mol. The third-order valence-corrected chi connectivity index (χ3v) is 2.82. The van der Waals surface area contributed by atoms with E-state index in [1.54, 1.807) is 43.6 Å². The first-order valence-electron chi connectivity index (χ1n) is 5.70. The van der Waals surface area contributed by atoms with Crippen molar-refractivity contribution >= 4 is 11.3 Å². The Morgan fingerprint density at radius 3 is 2.47 bits per heavy atom. The molecule has 0 radical (unpaired) electrons. The first-order chi connectivity index (χ1) is 9.13. The van der Waals surface area contributed by atoms with Gasteiger partial charge >= 0.3 is 0 Å². The van der Waals surface area contributed by atoms with E-state index in [4.69, 9.17) is 5.73 Å². The van der Waals surface area contributed by atoms with Gasteiger partial charge in [-0.05, 0) is 53.9 Å². The van der Waals surface area contributed by atoms with Crippen molar-refractivity contribution in [3.63, 3.8) is 0 Å². The van der Waals surface area contributed by atoms with Crippen LogP contribution in [0.15, 0.2) is 42.7 Å². The van der Waals surface area contributed by atoms with E-state index in [0.29, 0.717) is 28.0 Å². The third kappa shape index (κ3) is 2.61. The van der Waals surface area contributed by atoms with Crippen molar-refractivity contribution in [1.82, 2.24) is 4.98 Å². The van der Waals surface area contributed by atoms with E-state index in [1.807, 2.05) is 0 Å². The standard InChI is InChI=1S/C15H12FN3/c1-10-8-12(2-3-14(10)16)15(18)13(9-17)11-4-6-19-7-5-11/h2-8H,18H2,1H3/b15-13+. The van der Waals surface area contributed by atoms with E-state index in [0.717, 1.165) is 0 Å². The van der Waals surface area contributed by atoms with E-state index in [-0.39, 0.29) is 5.82 Å². The Kier molecular flexibility index (Phi) is 3.58. The maximum atomic E-state index is 13.2. The maximum absolute atomic E-state index is 13.2. The predicted molar refractivity (Wildman–Crippen MR) is 72.0 cm³/mol. The lowest BCUT2D eigenvalue weighted by Gasteiger charge is -2.07. The van der Waals surface area contributed by atoms with Crippen LogP contribution in [0.25, 0.3) is 11.3 Å². The minimum absolute atomic E-state index is 0.293. The molecule has 0 aliphatic carbocycles. The van der Waals surface area contributed by atoms with Gasteiger partial charge in [0.05, 0.1) is 11.3 Å². The SMILES string of the molecule is Cc1cc(/C(N)=C(/C#N)c2ccncc2)ccc1F. The fraction of sp³-hybridized carbons (Fsp3) is 0.0667. The van der Waals surface area contributed by atoms with Crippen molar-refractivity contribution in [3.8, 4) is 6.07 Å². The number of hydrogen-bond donors (Lipinski definition) is 1. The predicted octanol–water partition coefficient (Wildman–Crippen LogP) is 2.88.